The molecule has 0 aromatic heterocycles. The minimum absolute atomic E-state index is 0.117. The van der Waals surface area contributed by atoms with E-state index in [9.17, 15) is 25.5 Å². The van der Waals surface area contributed by atoms with Crippen LogP contribution in [-0.2, 0) is 18.9 Å². The van der Waals surface area contributed by atoms with Gasteiger partial charge in [0.05, 0.1) is 18.8 Å². The quantitative estimate of drug-likeness (QED) is 0.292. The molecule has 0 aromatic carbocycles. The van der Waals surface area contributed by atoms with E-state index in [1.54, 1.807) is 6.92 Å². The Morgan fingerprint density at radius 1 is 0.862 bits per heavy atom. The molecular formula is C20H38O9. The first-order valence-electron chi connectivity index (χ1n) is 10.8. The number of hydrogen-bond donors (Lipinski definition) is 5. The largest absolute Gasteiger partial charge is 0.394 e. The van der Waals surface area contributed by atoms with Crippen LogP contribution in [0.15, 0.2) is 0 Å². The second-order valence-corrected chi connectivity index (χ2v) is 8.02. The third-order valence-corrected chi connectivity index (χ3v) is 5.59. The molecule has 0 aromatic rings. The molecule has 2 rings (SSSR count). The van der Waals surface area contributed by atoms with Crippen molar-refractivity contribution in [2.45, 2.75) is 114 Å². The van der Waals surface area contributed by atoms with Crippen molar-refractivity contribution in [2.75, 3.05) is 13.2 Å². The van der Waals surface area contributed by atoms with Crippen molar-refractivity contribution in [2.24, 2.45) is 0 Å². The first kappa shape index (κ1) is 24.9. The van der Waals surface area contributed by atoms with Crippen LogP contribution in [0.5, 0.6) is 0 Å². The van der Waals surface area contributed by atoms with Gasteiger partial charge in [0.2, 0.25) is 0 Å². The van der Waals surface area contributed by atoms with Gasteiger partial charge in [-0.3, -0.25) is 0 Å². The lowest BCUT2D eigenvalue weighted by molar-refractivity contribution is -0.347. The Bertz CT molecular complexity index is 452. The van der Waals surface area contributed by atoms with E-state index in [-0.39, 0.29) is 13.0 Å². The van der Waals surface area contributed by atoms with Crippen molar-refractivity contribution in [1.82, 2.24) is 0 Å². The maximum atomic E-state index is 10.2. The summed E-state index contributed by atoms with van der Waals surface area (Å²) in [5.41, 5.74) is 0. The Kier molecular flexibility index (Phi) is 10.7. The highest BCUT2D eigenvalue weighted by molar-refractivity contribution is 4.89. The molecule has 29 heavy (non-hydrogen) atoms. The molecule has 0 amide bonds. The summed E-state index contributed by atoms with van der Waals surface area (Å²) in [6.45, 7) is 3.83. The zero-order valence-electron chi connectivity index (χ0n) is 17.4. The molecule has 9 atom stereocenters. The van der Waals surface area contributed by atoms with Crippen LogP contribution in [0.25, 0.3) is 0 Å². The van der Waals surface area contributed by atoms with Gasteiger partial charge in [-0.1, -0.05) is 39.0 Å². The first-order chi connectivity index (χ1) is 13.9. The minimum Gasteiger partial charge on any atom is -0.394 e. The third-order valence-electron chi connectivity index (χ3n) is 5.59. The van der Waals surface area contributed by atoms with Gasteiger partial charge in [0, 0.05) is 13.0 Å². The number of aliphatic hydroxyl groups excluding tert-OH is 5. The van der Waals surface area contributed by atoms with Gasteiger partial charge < -0.3 is 44.5 Å². The van der Waals surface area contributed by atoms with E-state index >= 15 is 0 Å². The highest BCUT2D eigenvalue weighted by Gasteiger charge is 2.46. The summed E-state index contributed by atoms with van der Waals surface area (Å²) >= 11 is 0. The van der Waals surface area contributed by atoms with Gasteiger partial charge >= 0.3 is 0 Å². The Morgan fingerprint density at radius 3 is 2.24 bits per heavy atom. The van der Waals surface area contributed by atoms with Gasteiger partial charge in [0.1, 0.15) is 30.5 Å². The Hall–Kier alpha value is -0.360. The predicted molar refractivity (Wildman–Crippen MR) is 103 cm³/mol. The second kappa shape index (κ2) is 12.5. The van der Waals surface area contributed by atoms with Crippen molar-refractivity contribution in [3.8, 4) is 0 Å². The smallest absolute Gasteiger partial charge is 0.187 e. The molecule has 172 valence electrons. The molecule has 0 radical (unpaired) electrons. The molecule has 5 N–H and O–H groups in total. The van der Waals surface area contributed by atoms with E-state index in [1.807, 2.05) is 0 Å². The van der Waals surface area contributed by atoms with Crippen molar-refractivity contribution in [3.63, 3.8) is 0 Å². The minimum atomic E-state index is -1.45. The van der Waals surface area contributed by atoms with Gasteiger partial charge in [-0.05, 0) is 13.3 Å². The fourth-order valence-corrected chi connectivity index (χ4v) is 3.66. The second-order valence-electron chi connectivity index (χ2n) is 8.02. The van der Waals surface area contributed by atoms with Crippen LogP contribution in [0.3, 0.4) is 0 Å². The zero-order valence-corrected chi connectivity index (χ0v) is 17.4. The van der Waals surface area contributed by atoms with E-state index in [0.29, 0.717) is 6.61 Å². The van der Waals surface area contributed by atoms with E-state index in [4.69, 9.17) is 18.9 Å². The van der Waals surface area contributed by atoms with E-state index in [2.05, 4.69) is 6.92 Å². The van der Waals surface area contributed by atoms with Crippen LogP contribution in [0.4, 0.5) is 0 Å². The molecule has 2 heterocycles. The average molecular weight is 423 g/mol. The lowest BCUT2D eigenvalue weighted by Gasteiger charge is -2.43. The van der Waals surface area contributed by atoms with Gasteiger partial charge in [-0.15, -0.1) is 0 Å². The molecule has 0 aliphatic carbocycles. The Balaban J connectivity index is 1.89. The van der Waals surface area contributed by atoms with Gasteiger partial charge in [-0.25, -0.2) is 0 Å². The Morgan fingerprint density at radius 2 is 1.55 bits per heavy atom. The van der Waals surface area contributed by atoms with Crippen LogP contribution in [0, 0.1) is 0 Å². The summed E-state index contributed by atoms with van der Waals surface area (Å²) in [6, 6.07) is 0. The number of hydrogen-bond acceptors (Lipinski definition) is 9. The summed E-state index contributed by atoms with van der Waals surface area (Å²) in [7, 11) is 0. The van der Waals surface area contributed by atoms with Crippen molar-refractivity contribution < 1.29 is 44.5 Å². The van der Waals surface area contributed by atoms with E-state index in [0.717, 1.165) is 19.3 Å². The average Bonchev–Trinajstić information content (AvgIpc) is 2.71. The maximum Gasteiger partial charge on any atom is 0.187 e. The summed E-state index contributed by atoms with van der Waals surface area (Å²) in [4.78, 5) is 0. The summed E-state index contributed by atoms with van der Waals surface area (Å²) in [6.07, 6.45) is -2.62. The normalized spacial score (nSPS) is 40.9. The van der Waals surface area contributed by atoms with Gasteiger partial charge in [0.15, 0.2) is 12.6 Å². The molecule has 0 unspecified atom stereocenters. The molecule has 2 saturated heterocycles. The van der Waals surface area contributed by atoms with E-state index in [1.165, 1.54) is 19.3 Å². The molecule has 0 saturated carbocycles. The van der Waals surface area contributed by atoms with Crippen LogP contribution >= 0.6 is 0 Å². The van der Waals surface area contributed by atoms with Gasteiger partial charge in [0.25, 0.3) is 0 Å². The van der Waals surface area contributed by atoms with Crippen LogP contribution in [0.2, 0.25) is 0 Å². The van der Waals surface area contributed by atoms with Crippen LogP contribution < -0.4 is 0 Å². The molecular weight excluding hydrogens is 384 g/mol. The molecule has 9 heteroatoms. The highest BCUT2D eigenvalue weighted by Crippen LogP contribution is 2.29. The van der Waals surface area contributed by atoms with Crippen LogP contribution in [-0.4, -0.2) is 94.1 Å². The fourth-order valence-electron chi connectivity index (χ4n) is 3.66. The number of ether oxygens (including phenoxy) is 4. The highest BCUT2D eigenvalue weighted by atomic mass is 16.7. The standard InChI is InChI=1S/C20H38O9/c1-3-4-5-6-7-8-9-26-19-14(10-13(22)15(11-21)29-19)28-20-18(25)17(24)16(23)12(2)27-20/h12-25H,3-11H2,1-2H3/t12-,13+,14+,15+,16+,17+,18-,19+,20-/m0/s1. The lowest BCUT2D eigenvalue weighted by Crippen LogP contribution is -2.60. The lowest BCUT2D eigenvalue weighted by atomic mass is 9.99. The van der Waals surface area contributed by atoms with E-state index < -0.39 is 55.3 Å². The molecule has 0 bridgehead atoms. The zero-order chi connectivity index (χ0) is 21.4. The fraction of sp³-hybridized carbons (Fsp3) is 1.00. The number of aliphatic hydroxyl groups is 5. The molecule has 2 aliphatic rings. The van der Waals surface area contributed by atoms with Crippen molar-refractivity contribution >= 4 is 0 Å². The summed E-state index contributed by atoms with van der Waals surface area (Å²) in [5, 5.41) is 49.6. The molecule has 9 nitrogen and oxygen atoms in total. The van der Waals surface area contributed by atoms with Crippen LogP contribution in [0.1, 0.15) is 58.8 Å². The SMILES string of the molecule is CCCCCCCCO[C@@H]1O[C@H](CO)[C@H](O)C[C@H]1O[C@@H]1O[C@@H](C)[C@@H](O)[C@@H](O)[C@@H]1O. The number of unbranched alkanes of at least 4 members (excludes halogenated alkanes) is 5. The summed E-state index contributed by atoms with van der Waals surface area (Å²) in [5.74, 6) is 0. The predicted octanol–water partition coefficient (Wildman–Crippen LogP) is 0.0444. The van der Waals surface area contributed by atoms with Crippen molar-refractivity contribution in [3.05, 3.63) is 0 Å². The van der Waals surface area contributed by atoms with Crippen molar-refractivity contribution in [1.29, 1.82) is 0 Å². The molecule has 2 aliphatic heterocycles. The topological polar surface area (TPSA) is 138 Å². The third kappa shape index (κ3) is 7.09. The number of rotatable bonds is 11. The first-order valence-corrected chi connectivity index (χ1v) is 10.8. The molecule has 0 spiro atoms. The monoisotopic (exact) mass is 422 g/mol. The summed E-state index contributed by atoms with van der Waals surface area (Å²) < 4.78 is 22.7. The maximum absolute atomic E-state index is 10.2. The van der Waals surface area contributed by atoms with Gasteiger partial charge in [-0.2, -0.15) is 0 Å². The molecule has 2 fully saturated rings. The Labute approximate surface area is 172 Å².